The van der Waals surface area contributed by atoms with E-state index in [-0.39, 0.29) is 0 Å². The van der Waals surface area contributed by atoms with Gasteiger partial charge >= 0.3 is 0 Å². The predicted octanol–water partition coefficient (Wildman–Crippen LogP) is 1.45. The van der Waals surface area contributed by atoms with Gasteiger partial charge in [0.25, 0.3) is 0 Å². The Morgan fingerprint density at radius 3 is 2.78 bits per heavy atom. The molecular formula is C7H15NO. The van der Waals surface area contributed by atoms with Gasteiger partial charge < -0.3 is 0 Å². The molecule has 0 saturated carbocycles. The molecule has 0 aliphatic heterocycles. The van der Waals surface area contributed by atoms with Gasteiger partial charge in [0.05, 0.1) is 6.61 Å². The van der Waals surface area contributed by atoms with Crippen molar-refractivity contribution in [1.82, 2.24) is 5.06 Å². The highest BCUT2D eigenvalue weighted by molar-refractivity contribution is 4.67. The van der Waals surface area contributed by atoms with Crippen molar-refractivity contribution in [2.24, 2.45) is 0 Å². The SMILES string of the molecule is C=CCN(C)OCCC. The molecule has 0 N–H and O–H groups in total. The third kappa shape index (κ3) is 5.53. The van der Waals surface area contributed by atoms with Gasteiger partial charge in [-0.05, 0) is 6.42 Å². The summed E-state index contributed by atoms with van der Waals surface area (Å²) in [7, 11) is 1.90. The lowest BCUT2D eigenvalue weighted by atomic mass is 10.5. The van der Waals surface area contributed by atoms with Crippen molar-refractivity contribution < 1.29 is 4.84 Å². The average molecular weight is 129 g/mol. The molecule has 0 saturated heterocycles. The lowest BCUT2D eigenvalue weighted by Crippen LogP contribution is -2.18. The molecule has 0 radical (unpaired) electrons. The molecule has 0 fully saturated rings. The third-order valence-electron chi connectivity index (χ3n) is 0.902. The Balaban J connectivity index is 3.04. The van der Waals surface area contributed by atoms with Crippen molar-refractivity contribution in [3.63, 3.8) is 0 Å². The summed E-state index contributed by atoms with van der Waals surface area (Å²) in [6.45, 7) is 7.26. The van der Waals surface area contributed by atoms with Gasteiger partial charge in [-0.25, -0.2) is 0 Å². The van der Waals surface area contributed by atoms with Crippen LogP contribution in [0.3, 0.4) is 0 Å². The van der Waals surface area contributed by atoms with Crippen LogP contribution in [0.25, 0.3) is 0 Å². The smallest absolute Gasteiger partial charge is 0.0682 e. The predicted molar refractivity (Wildman–Crippen MR) is 39.1 cm³/mol. The lowest BCUT2D eigenvalue weighted by Gasteiger charge is -2.12. The highest BCUT2D eigenvalue weighted by Crippen LogP contribution is 1.86. The maximum absolute atomic E-state index is 5.19. The molecule has 2 heteroatoms. The first-order chi connectivity index (χ1) is 4.31. The van der Waals surface area contributed by atoms with Gasteiger partial charge in [-0.1, -0.05) is 13.0 Å². The van der Waals surface area contributed by atoms with E-state index in [1.165, 1.54) is 0 Å². The summed E-state index contributed by atoms with van der Waals surface area (Å²) in [6.07, 6.45) is 2.87. The monoisotopic (exact) mass is 129 g/mol. The van der Waals surface area contributed by atoms with E-state index in [1.54, 1.807) is 5.06 Å². The molecule has 9 heavy (non-hydrogen) atoms. The van der Waals surface area contributed by atoms with E-state index >= 15 is 0 Å². The summed E-state index contributed by atoms with van der Waals surface area (Å²) in [6, 6.07) is 0. The number of hydroxylamine groups is 2. The van der Waals surface area contributed by atoms with Gasteiger partial charge in [-0.15, -0.1) is 6.58 Å². The van der Waals surface area contributed by atoms with E-state index in [4.69, 9.17) is 4.84 Å². The van der Waals surface area contributed by atoms with Crippen molar-refractivity contribution >= 4 is 0 Å². The molecule has 0 aliphatic carbocycles. The zero-order valence-corrected chi connectivity index (χ0v) is 6.26. The Kier molecular flexibility index (Phi) is 5.57. The summed E-state index contributed by atoms with van der Waals surface area (Å²) in [4.78, 5) is 5.19. The second kappa shape index (κ2) is 5.79. The molecule has 0 aromatic rings. The number of rotatable bonds is 5. The maximum Gasteiger partial charge on any atom is 0.0682 e. The Morgan fingerprint density at radius 2 is 2.33 bits per heavy atom. The zero-order chi connectivity index (χ0) is 7.11. The van der Waals surface area contributed by atoms with Gasteiger partial charge in [-0.2, -0.15) is 5.06 Å². The Labute approximate surface area is 57.1 Å². The first-order valence-electron chi connectivity index (χ1n) is 3.26. The zero-order valence-electron chi connectivity index (χ0n) is 6.26. The number of hydrogen-bond acceptors (Lipinski definition) is 2. The average Bonchev–Trinajstić information content (AvgIpc) is 1.85. The Hall–Kier alpha value is -0.340. The summed E-state index contributed by atoms with van der Waals surface area (Å²) >= 11 is 0. The van der Waals surface area contributed by atoms with Crippen LogP contribution in [0.4, 0.5) is 0 Å². The lowest BCUT2D eigenvalue weighted by molar-refractivity contribution is -0.131. The van der Waals surface area contributed by atoms with Crippen LogP contribution in [0.5, 0.6) is 0 Å². The molecular weight excluding hydrogens is 114 g/mol. The Bertz CT molecular complexity index is 73.3. The van der Waals surface area contributed by atoms with Crippen LogP contribution in [0, 0.1) is 0 Å². The molecule has 2 nitrogen and oxygen atoms in total. The molecule has 54 valence electrons. The van der Waals surface area contributed by atoms with E-state index in [9.17, 15) is 0 Å². The van der Waals surface area contributed by atoms with Crippen LogP contribution < -0.4 is 0 Å². The van der Waals surface area contributed by atoms with Crippen molar-refractivity contribution in [2.75, 3.05) is 20.2 Å². The standard InChI is InChI=1S/C7H15NO/c1-4-6-8(3)9-7-5-2/h4H,1,5-7H2,2-3H3. The fraction of sp³-hybridized carbons (Fsp3) is 0.714. The van der Waals surface area contributed by atoms with Crippen molar-refractivity contribution in [3.05, 3.63) is 12.7 Å². The molecule has 0 spiro atoms. The van der Waals surface area contributed by atoms with Crippen molar-refractivity contribution in [2.45, 2.75) is 13.3 Å². The van der Waals surface area contributed by atoms with E-state index < -0.39 is 0 Å². The minimum absolute atomic E-state index is 0.792. The molecule has 0 rings (SSSR count). The van der Waals surface area contributed by atoms with E-state index in [1.807, 2.05) is 13.1 Å². The minimum Gasteiger partial charge on any atom is -0.299 e. The largest absolute Gasteiger partial charge is 0.299 e. The van der Waals surface area contributed by atoms with E-state index in [0.717, 1.165) is 19.6 Å². The summed E-state index contributed by atoms with van der Waals surface area (Å²) in [5, 5.41) is 1.77. The van der Waals surface area contributed by atoms with Crippen LogP contribution in [0.1, 0.15) is 13.3 Å². The van der Waals surface area contributed by atoms with Gasteiger partial charge in [0, 0.05) is 13.6 Å². The van der Waals surface area contributed by atoms with Crippen LogP contribution in [0.2, 0.25) is 0 Å². The fourth-order valence-corrected chi connectivity index (χ4v) is 0.482. The summed E-state index contributed by atoms with van der Waals surface area (Å²) < 4.78 is 0. The van der Waals surface area contributed by atoms with Gasteiger partial charge in [0.1, 0.15) is 0 Å². The van der Waals surface area contributed by atoms with Crippen LogP contribution in [-0.4, -0.2) is 25.3 Å². The van der Waals surface area contributed by atoms with Gasteiger partial charge in [-0.3, -0.25) is 4.84 Å². The molecule has 0 bridgehead atoms. The first kappa shape index (κ1) is 8.66. The molecule has 0 atom stereocenters. The quantitative estimate of drug-likeness (QED) is 0.411. The highest BCUT2D eigenvalue weighted by Gasteiger charge is 1.90. The minimum atomic E-state index is 0.792. The van der Waals surface area contributed by atoms with E-state index in [0.29, 0.717) is 0 Å². The maximum atomic E-state index is 5.19. The molecule has 0 amide bonds. The number of hydrogen-bond donors (Lipinski definition) is 0. The van der Waals surface area contributed by atoms with Gasteiger partial charge in [0.2, 0.25) is 0 Å². The second-order valence-corrected chi connectivity index (χ2v) is 1.93. The summed E-state index contributed by atoms with van der Waals surface area (Å²) in [5.74, 6) is 0. The van der Waals surface area contributed by atoms with Crippen LogP contribution in [-0.2, 0) is 4.84 Å². The number of nitrogens with zero attached hydrogens (tertiary/aromatic N) is 1. The molecule has 0 aliphatic rings. The normalized spacial score (nSPS) is 10.1. The van der Waals surface area contributed by atoms with Gasteiger partial charge in [0.15, 0.2) is 0 Å². The summed E-state index contributed by atoms with van der Waals surface area (Å²) in [5.41, 5.74) is 0. The molecule has 0 heterocycles. The van der Waals surface area contributed by atoms with Crippen LogP contribution >= 0.6 is 0 Å². The Morgan fingerprint density at radius 1 is 1.67 bits per heavy atom. The van der Waals surface area contributed by atoms with Crippen molar-refractivity contribution in [3.8, 4) is 0 Å². The fourth-order valence-electron chi connectivity index (χ4n) is 0.482. The van der Waals surface area contributed by atoms with E-state index in [2.05, 4.69) is 13.5 Å². The second-order valence-electron chi connectivity index (χ2n) is 1.93. The van der Waals surface area contributed by atoms with Crippen LogP contribution in [0.15, 0.2) is 12.7 Å². The molecule has 0 aromatic heterocycles. The first-order valence-corrected chi connectivity index (χ1v) is 3.26. The van der Waals surface area contributed by atoms with Crippen molar-refractivity contribution in [1.29, 1.82) is 0 Å². The third-order valence-corrected chi connectivity index (χ3v) is 0.902. The highest BCUT2D eigenvalue weighted by atomic mass is 16.7. The number of likely N-dealkylation sites (N-methyl/N-ethyl adjacent to an activating group) is 1. The topological polar surface area (TPSA) is 12.5 Å². The molecule has 0 aromatic carbocycles. The molecule has 0 unspecified atom stereocenters.